The van der Waals surface area contributed by atoms with Gasteiger partial charge in [0.25, 0.3) is 5.91 Å². The molecule has 0 saturated carbocycles. The van der Waals surface area contributed by atoms with Crippen molar-refractivity contribution in [3.05, 3.63) is 89.7 Å². The summed E-state index contributed by atoms with van der Waals surface area (Å²) in [7, 11) is 1.66. The third kappa shape index (κ3) is 5.33. The average molecular weight is 375 g/mol. The lowest BCUT2D eigenvalue weighted by molar-refractivity contribution is 0.0935. The van der Waals surface area contributed by atoms with E-state index in [4.69, 9.17) is 4.74 Å². The molecule has 28 heavy (non-hydrogen) atoms. The molecule has 0 saturated heterocycles. The first-order valence-electron chi connectivity index (χ1n) is 9.34. The van der Waals surface area contributed by atoms with Crippen LogP contribution in [0, 0.1) is 0 Å². The van der Waals surface area contributed by atoms with Gasteiger partial charge in [-0.15, -0.1) is 0 Å². The highest BCUT2D eigenvalue weighted by atomic mass is 16.5. The van der Waals surface area contributed by atoms with Crippen molar-refractivity contribution in [2.45, 2.75) is 19.4 Å². The van der Waals surface area contributed by atoms with E-state index in [1.165, 1.54) is 5.56 Å². The van der Waals surface area contributed by atoms with E-state index < -0.39 is 0 Å². The molecule has 0 aliphatic rings. The molecular weight excluding hydrogens is 350 g/mol. The van der Waals surface area contributed by atoms with Gasteiger partial charge < -0.3 is 15.4 Å². The average Bonchev–Trinajstić information content (AvgIpc) is 2.75. The molecule has 2 N–H and O–H groups in total. The van der Waals surface area contributed by atoms with Crippen molar-refractivity contribution >= 4 is 11.6 Å². The van der Waals surface area contributed by atoms with Crippen molar-refractivity contribution in [2.75, 3.05) is 19.0 Å². The summed E-state index contributed by atoms with van der Waals surface area (Å²) < 4.78 is 5.17. The van der Waals surface area contributed by atoms with Crippen LogP contribution in [0.5, 0.6) is 5.75 Å². The van der Waals surface area contributed by atoms with E-state index in [-0.39, 0.29) is 11.9 Å². The SMILES string of the molecule is COc1ccc(CCNc2ccc(C(=O)NC(C)c3ccccc3)nc2)cc1. The molecule has 1 aromatic heterocycles. The summed E-state index contributed by atoms with van der Waals surface area (Å²) in [6.07, 6.45) is 2.58. The lowest BCUT2D eigenvalue weighted by Crippen LogP contribution is -2.27. The maximum absolute atomic E-state index is 12.4. The Kier molecular flexibility index (Phi) is 6.63. The van der Waals surface area contributed by atoms with E-state index in [9.17, 15) is 4.79 Å². The first-order chi connectivity index (χ1) is 13.7. The van der Waals surface area contributed by atoms with Crippen LogP contribution in [0.15, 0.2) is 72.9 Å². The number of methoxy groups -OCH3 is 1. The summed E-state index contributed by atoms with van der Waals surface area (Å²) >= 11 is 0. The first-order valence-corrected chi connectivity index (χ1v) is 9.34. The fourth-order valence-corrected chi connectivity index (χ4v) is 2.87. The quantitative estimate of drug-likeness (QED) is 0.618. The van der Waals surface area contributed by atoms with E-state index in [0.29, 0.717) is 5.69 Å². The molecule has 2 aromatic carbocycles. The van der Waals surface area contributed by atoms with Crippen molar-refractivity contribution in [1.82, 2.24) is 10.3 Å². The molecule has 0 fully saturated rings. The molecule has 0 bridgehead atoms. The standard InChI is InChI=1S/C23H25N3O2/c1-17(19-6-4-3-5-7-19)26-23(27)22-13-10-20(16-25-22)24-15-14-18-8-11-21(28-2)12-9-18/h3-13,16-17,24H,14-15H2,1-2H3,(H,26,27). The number of hydrogen-bond acceptors (Lipinski definition) is 4. The molecule has 3 aromatic rings. The van der Waals surface area contributed by atoms with Crippen LogP contribution in [-0.2, 0) is 6.42 Å². The number of carbonyl (C=O) groups excluding carboxylic acids is 1. The number of nitrogens with zero attached hydrogens (tertiary/aromatic N) is 1. The predicted octanol–water partition coefficient (Wildman–Crippen LogP) is 4.24. The number of pyridine rings is 1. The molecule has 144 valence electrons. The third-order valence-corrected chi connectivity index (χ3v) is 4.55. The Hall–Kier alpha value is -3.34. The number of rotatable bonds is 8. The van der Waals surface area contributed by atoms with Crippen LogP contribution in [0.4, 0.5) is 5.69 Å². The number of carbonyl (C=O) groups is 1. The van der Waals surface area contributed by atoms with Crippen LogP contribution in [0.2, 0.25) is 0 Å². The van der Waals surface area contributed by atoms with Gasteiger partial charge in [0.2, 0.25) is 0 Å². The van der Waals surface area contributed by atoms with Crippen molar-refractivity contribution < 1.29 is 9.53 Å². The zero-order valence-electron chi connectivity index (χ0n) is 16.2. The number of ether oxygens (including phenoxy) is 1. The second-order valence-electron chi connectivity index (χ2n) is 6.56. The Bertz CT molecular complexity index is 878. The van der Waals surface area contributed by atoms with E-state index in [1.807, 2.05) is 55.5 Å². The molecular formula is C23H25N3O2. The highest BCUT2D eigenvalue weighted by molar-refractivity contribution is 5.92. The lowest BCUT2D eigenvalue weighted by atomic mass is 10.1. The van der Waals surface area contributed by atoms with Crippen LogP contribution in [0.3, 0.4) is 0 Å². The normalized spacial score (nSPS) is 11.5. The van der Waals surface area contributed by atoms with Crippen LogP contribution >= 0.6 is 0 Å². The zero-order chi connectivity index (χ0) is 19.8. The second-order valence-corrected chi connectivity index (χ2v) is 6.56. The molecule has 0 aliphatic heterocycles. The number of benzene rings is 2. The minimum absolute atomic E-state index is 0.0715. The minimum atomic E-state index is -0.180. The third-order valence-electron chi connectivity index (χ3n) is 4.55. The molecule has 1 heterocycles. The summed E-state index contributed by atoms with van der Waals surface area (Å²) in [6.45, 7) is 2.74. The smallest absolute Gasteiger partial charge is 0.270 e. The Morgan fingerprint density at radius 1 is 1.04 bits per heavy atom. The summed E-state index contributed by atoms with van der Waals surface area (Å²) in [6, 6.07) is 21.4. The Morgan fingerprint density at radius 3 is 2.43 bits per heavy atom. The largest absolute Gasteiger partial charge is 0.497 e. The van der Waals surface area contributed by atoms with E-state index in [0.717, 1.165) is 30.0 Å². The molecule has 3 rings (SSSR count). The number of hydrogen-bond donors (Lipinski definition) is 2. The fraction of sp³-hybridized carbons (Fsp3) is 0.217. The van der Waals surface area contributed by atoms with Gasteiger partial charge in [-0.05, 0) is 48.7 Å². The van der Waals surface area contributed by atoms with E-state index >= 15 is 0 Å². The van der Waals surface area contributed by atoms with Crippen LogP contribution in [-0.4, -0.2) is 24.5 Å². The van der Waals surface area contributed by atoms with Gasteiger partial charge in [-0.1, -0.05) is 42.5 Å². The summed E-state index contributed by atoms with van der Waals surface area (Å²) in [5, 5.41) is 6.30. The molecule has 1 unspecified atom stereocenters. The molecule has 0 aliphatic carbocycles. The molecule has 5 nitrogen and oxygen atoms in total. The van der Waals surface area contributed by atoms with Crippen LogP contribution in [0.1, 0.15) is 34.6 Å². The number of aromatic nitrogens is 1. The lowest BCUT2D eigenvalue weighted by Gasteiger charge is -2.14. The molecule has 1 atom stereocenters. The summed E-state index contributed by atoms with van der Waals surface area (Å²) in [4.78, 5) is 16.7. The van der Waals surface area contributed by atoms with Gasteiger partial charge in [0.05, 0.1) is 25.0 Å². The van der Waals surface area contributed by atoms with Crippen molar-refractivity contribution in [3.63, 3.8) is 0 Å². The van der Waals surface area contributed by atoms with Crippen molar-refractivity contribution in [1.29, 1.82) is 0 Å². The van der Waals surface area contributed by atoms with Gasteiger partial charge in [0, 0.05) is 6.54 Å². The molecule has 1 amide bonds. The molecule has 0 radical (unpaired) electrons. The first kappa shape index (κ1) is 19.4. The van der Waals surface area contributed by atoms with Gasteiger partial charge in [0.15, 0.2) is 0 Å². The van der Waals surface area contributed by atoms with Crippen LogP contribution < -0.4 is 15.4 Å². The number of nitrogens with one attached hydrogen (secondary N) is 2. The molecule has 5 heteroatoms. The predicted molar refractivity (Wildman–Crippen MR) is 112 cm³/mol. The van der Waals surface area contributed by atoms with Crippen molar-refractivity contribution in [2.24, 2.45) is 0 Å². The van der Waals surface area contributed by atoms with Gasteiger partial charge in [0.1, 0.15) is 11.4 Å². The zero-order valence-corrected chi connectivity index (χ0v) is 16.2. The van der Waals surface area contributed by atoms with Gasteiger partial charge >= 0.3 is 0 Å². The van der Waals surface area contributed by atoms with Gasteiger partial charge in [-0.25, -0.2) is 4.98 Å². The topological polar surface area (TPSA) is 63.2 Å². The Labute approximate surface area is 165 Å². The highest BCUT2D eigenvalue weighted by Gasteiger charge is 2.12. The van der Waals surface area contributed by atoms with E-state index in [1.54, 1.807) is 19.4 Å². The second kappa shape index (κ2) is 9.55. The maximum atomic E-state index is 12.4. The monoisotopic (exact) mass is 375 g/mol. The number of anilines is 1. The highest BCUT2D eigenvalue weighted by Crippen LogP contribution is 2.14. The Balaban J connectivity index is 1.49. The maximum Gasteiger partial charge on any atom is 0.270 e. The summed E-state index contributed by atoms with van der Waals surface area (Å²) in [5.74, 6) is 0.678. The van der Waals surface area contributed by atoms with E-state index in [2.05, 4.69) is 27.8 Å². The fourth-order valence-electron chi connectivity index (χ4n) is 2.87. The van der Waals surface area contributed by atoms with Gasteiger partial charge in [-0.3, -0.25) is 4.79 Å². The molecule has 0 spiro atoms. The van der Waals surface area contributed by atoms with Crippen LogP contribution in [0.25, 0.3) is 0 Å². The minimum Gasteiger partial charge on any atom is -0.497 e. The Morgan fingerprint density at radius 2 is 1.79 bits per heavy atom. The van der Waals surface area contributed by atoms with Crippen molar-refractivity contribution in [3.8, 4) is 5.75 Å². The van der Waals surface area contributed by atoms with Gasteiger partial charge in [-0.2, -0.15) is 0 Å². The summed E-state index contributed by atoms with van der Waals surface area (Å²) in [5.41, 5.74) is 3.59. The number of amides is 1.